The van der Waals surface area contributed by atoms with E-state index in [-0.39, 0.29) is 70.6 Å². The standard InChI is InChI=1S/C16H12N2O2.2Na/c19-15-9-5-1-3-7-11(9)17-13(15)14-16(20)10-6-2-4-8-12(10)18-14;;/h1-8,17-20H;;. The Morgan fingerprint density at radius 3 is 1.32 bits per heavy atom. The molecule has 4 aromatic rings. The van der Waals surface area contributed by atoms with Gasteiger partial charge in [-0.05, 0) is 24.3 Å². The second-order valence-corrected chi connectivity index (χ2v) is 4.79. The number of H-pyrrole nitrogens is 2. The zero-order valence-corrected chi connectivity index (χ0v) is 16.5. The number of para-hydroxylation sites is 2. The third-order valence-corrected chi connectivity index (χ3v) is 3.61. The summed E-state index contributed by atoms with van der Waals surface area (Å²) in [7, 11) is 0. The monoisotopic (exact) mass is 310 g/mol. The van der Waals surface area contributed by atoms with Gasteiger partial charge in [0.1, 0.15) is 11.4 Å². The van der Waals surface area contributed by atoms with Gasteiger partial charge in [0.2, 0.25) is 0 Å². The van der Waals surface area contributed by atoms with E-state index in [2.05, 4.69) is 9.97 Å². The SMILES string of the molecule is Oc1c(-c2[nH]c3ccccc3c2O)[nH]c2ccccc12.[Na].[Na]. The number of hydrogen-bond acceptors (Lipinski definition) is 2. The molecule has 6 heteroatoms. The van der Waals surface area contributed by atoms with Crippen molar-refractivity contribution in [3.8, 4) is 22.9 Å². The van der Waals surface area contributed by atoms with Crippen molar-refractivity contribution in [2.24, 2.45) is 0 Å². The second kappa shape index (κ2) is 6.71. The van der Waals surface area contributed by atoms with Gasteiger partial charge in [0.15, 0.2) is 11.5 Å². The van der Waals surface area contributed by atoms with Crippen molar-refractivity contribution in [3.05, 3.63) is 48.5 Å². The predicted octanol–water partition coefficient (Wildman–Crippen LogP) is 2.97. The summed E-state index contributed by atoms with van der Waals surface area (Å²) in [5, 5.41) is 22.1. The van der Waals surface area contributed by atoms with Crippen molar-refractivity contribution in [1.29, 1.82) is 0 Å². The fourth-order valence-electron chi connectivity index (χ4n) is 2.62. The summed E-state index contributed by atoms with van der Waals surface area (Å²) in [5.41, 5.74) is 2.66. The molecule has 0 saturated heterocycles. The Morgan fingerprint density at radius 1 is 0.591 bits per heavy atom. The number of benzene rings is 2. The maximum absolute atomic E-state index is 10.3. The van der Waals surface area contributed by atoms with E-state index in [0.717, 1.165) is 21.8 Å². The van der Waals surface area contributed by atoms with Gasteiger partial charge in [-0.3, -0.25) is 0 Å². The largest absolute Gasteiger partial charge is 0.505 e. The number of fused-ring (bicyclic) bond motifs is 2. The molecule has 22 heavy (non-hydrogen) atoms. The molecule has 0 saturated carbocycles. The molecule has 100 valence electrons. The van der Waals surface area contributed by atoms with Gasteiger partial charge >= 0.3 is 0 Å². The molecule has 0 amide bonds. The third kappa shape index (κ3) is 2.60. The van der Waals surface area contributed by atoms with E-state index in [9.17, 15) is 10.2 Å². The Kier molecular flexibility index (Phi) is 5.33. The van der Waals surface area contributed by atoms with Crippen molar-refractivity contribution in [1.82, 2.24) is 9.97 Å². The average molecular weight is 310 g/mol. The van der Waals surface area contributed by atoms with Crippen LogP contribution >= 0.6 is 0 Å². The maximum Gasteiger partial charge on any atom is 0.150 e. The molecule has 0 aliphatic carbocycles. The molecule has 4 N–H and O–H groups in total. The molecule has 2 aromatic carbocycles. The Hall–Kier alpha value is -0.880. The topological polar surface area (TPSA) is 72.0 Å². The molecule has 2 aromatic heterocycles. The summed E-state index contributed by atoms with van der Waals surface area (Å²) < 4.78 is 0. The fourth-order valence-corrected chi connectivity index (χ4v) is 2.62. The average Bonchev–Trinajstić information content (AvgIpc) is 2.98. The summed E-state index contributed by atoms with van der Waals surface area (Å²) in [6.45, 7) is 0. The second-order valence-electron chi connectivity index (χ2n) is 4.79. The summed E-state index contributed by atoms with van der Waals surface area (Å²) >= 11 is 0. The van der Waals surface area contributed by atoms with Crippen LogP contribution in [0.15, 0.2) is 48.5 Å². The molecule has 0 aliphatic heterocycles. The van der Waals surface area contributed by atoms with Crippen molar-refractivity contribution < 1.29 is 10.2 Å². The first kappa shape index (κ1) is 17.5. The number of rotatable bonds is 1. The van der Waals surface area contributed by atoms with Crippen molar-refractivity contribution in [2.45, 2.75) is 0 Å². The first-order chi connectivity index (χ1) is 9.75. The van der Waals surface area contributed by atoms with Crippen molar-refractivity contribution in [3.63, 3.8) is 0 Å². The van der Waals surface area contributed by atoms with Crippen molar-refractivity contribution >= 4 is 80.9 Å². The molecule has 0 unspecified atom stereocenters. The third-order valence-electron chi connectivity index (χ3n) is 3.61. The van der Waals surface area contributed by atoms with Crippen LogP contribution in [0.5, 0.6) is 11.5 Å². The summed E-state index contributed by atoms with van der Waals surface area (Å²) in [4.78, 5) is 6.28. The number of aromatic hydroxyl groups is 2. The van der Waals surface area contributed by atoms with E-state index in [1.165, 1.54) is 0 Å². The summed E-state index contributed by atoms with van der Waals surface area (Å²) in [5.74, 6) is 0.282. The minimum Gasteiger partial charge on any atom is -0.505 e. The van der Waals surface area contributed by atoms with Crippen LogP contribution in [0.2, 0.25) is 0 Å². The molecular weight excluding hydrogens is 298 g/mol. The van der Waals surface area contributed by atoms with Gasteiger partial charge in [-0.2, -0.15) is 0 Å². The molecule has 4 nitrogen and oxygen atoms in total. The molecular formula is C16H12N2Na2O2. The van der Waals surface area contributed by atoms with Crippen molar-refractivity contribution in [2.75, 3.05) is 0 Å². The van der Waals surface area contributed by atoms with E-state index >= 15 is 0 Å². The van der Waals surface area contributed by atoms with E-state index in [1.54, 1.807) is 0 Å². The molecule has 2 heterocycles. The number of aromatic nitrogens is 2. The molecule has 0 bridgehead atoms. The Morgan fingerprint density at radius 2 is 0.955 bits per heavy atom. The van der Waals surface area contributed by atoms with Crippen LogP contribution in [-0.4, -0.2) is 79.3 Å². The first-order valence-electron chi connectivity index (χ1n) is 6.35. The Bertz CT molecular complexity index is 866. The molecule has 0 atom stereocenters. The first-order valence-corrected chi connectivity index (χ1v) is 6.35. The van der Waals surface area contributed by atoms with Gasteiger partial charge in [0, 0.05) is 80.9 Å². The molecule has 0 aliphatic rings. The van der Waals surface area contributed by atoms with Gasteiger partial charge in [-0.15, -0.1) is 0 Å². The maximum atomic E-state index is 10.3. The van der Waals surface area contributed by atoms with Crippen LogP contribution in [0, 0.1) is 0 Å². The predicted molar refractivity (Wildman–Crippen MR) is 90.4 cm³/mol. The number of aromatic amines is 2. The van der Waals surface area contributed by atoms with Gasteiger partial charge in [-0.25, -0.2) is 0 Å². The minimum absolute atomic E-state index is 0. The van der Waals surface area contributed by atoms with Gasteiger partial charge in [0.25, 0.3) is 0 Å². The Labute approximate surface area is 171 Å². The molecule has 0 fully saturated rings. The number of nitrogens with one attached hydrogen (secondary N) is 2. The molecule has 4 rings (SSSR count). The van der Waals surface area contributed by atoms with E-state index < -0.39 is 0 Å². The van der Waals surface area contributed by atoms with Crippen LogP contribution in [0.1, 0.15) is 0 Å². The van der Waals surface area contributed by atoms with Gasteiger partial charge in [-0.1, -0.05) is 24.3 Å². The van der Waals surface area contributed by atoms with Crippen LogP contribution in [0.25, 0.3) is 33.2 Å². The molecule has 0 spiro atoms. The van der Waals surface area contributed by atoms with E-state index in [0.29, 0.717) is 11.4 Å². The van der Waals surface area contributed by atoms with E-state index in [1.807, 2.05) is 48.5 Å². The Balaban J connectivity index is 0.000000882. The smallest absolute Gasteiger partial charge is 0.150 e. The summed E-state index contributed by atoms with van der Waals surface area (Å²) in [6, 6.07) is 15.0. The van der Waals surface area contributed by atoms with Crippen LogP contribution < -0.4 is 0 Å². The molecule has 2 radical (unpaired) electrons. The van der Waals surface area contributed by atoms with Crippen LogP contribution in [0.3, 0.4) is 0 Å². The van der Waals surface area contributed by atoms with E-state index in [4.69, 9.17) is 0 Å². The number of hydrogen-bond donors (Lipinski definition) is 4. The normalized spacial score (nSPS) is 10.4. The zero-order chi connectivity index (χ0) is 13.7. The minimum atomic E-state index is 0. The van der Waals surface area contributed by atoms with Crippen LogP contribution in [0.4, 0.5) is 0 Å². The fraction of sp³-hybridized carbons (Fsp3) is 0. The summed E-state index contributed by atoms with van der Waals surface area (Å²) in [6.07, 6.45) is 0. The quantitative estimate of drug-likeness (QED) is 0.408. The zero-order valence-electron chi connectivity index (χ0n) is 12.5. The van der Waals surface area contributed by atoms with Gasteiger partial charge < -0.3 is 20.2 Å². The van der Waals surface area contributed by atoms with Gasteiger partial charge in [0.05, 0.1) is 0 Å². The van der Waals surface area contributed by atoms with Crippen LogP contribution in [-0.2, 0) is 0 Å².